The minimum Gasteiger partial charge on any atom is -0.267 e. The molecule has 0 bridgehead atoms. The lowest BCUT2D eigenvalue weighted by Gasteiger charge is -2.29. The molecule has 0 saturated heterocycles. The van der Waals surface area contributed by atoms with E-state index >= 15 is 0 Å². The first kappa shape index (κ1) is 21.7. The molecule has 1 aliphatic heterocycles. The first-order valence-corrected chi connectivity index (χ1v) is 11.7. The smallest absolute Gasteiger partial charge is 0.267 e. The van der Waals surface area contributed by atoms with Gasteiger partial charge in [-0.2, -0.15) is 5.10 Å². The van der Waals surface area contributed by atoms with Crippen molar-refractivity contribution in [2.45, 2.75) is 25.3 Å². The van der Waals surface area contributed by atoms with Crippen LogP contribution in [0.15, 0.2) is 87.9 Å². The highest BCUT2D eigenvalue weighted by Crippen LogP contribution is 2.45. The second-order valence-electron chi connectivity index (χ2n) is 8.36. The van der Waals surface area contributed by atoms with Crippen LogP contribution < -0.4 is 0 Å². The lowest BCUT2D eigenvalue weighted by atomic mass is 9.77. The predicted octanol–water partition coefficient (Wildman–Crippen LogP) is 7.16. The monoisotopic (exact) mass is 506 g/mol. The normalized spacial score (nSPS) is 21.1. The number of amides is 1. The Morgan fingerprint density at radius 2 is 1.70 bits per heavy atom. The van der Waals surface area contributed by atoms with Gasteiger partial charge in [0.2, 0.25) is 0 Å². The molecule has 3 aromatic rings. The summed E-state index contributed by atoms with van der Waals surface area (Å²) >= 11 is 3.44. The Morgan fingerprint density at radius 1 is 1.00 bits per heavy atom. The van der Waals surface area contributed by atoms with E-state index in [0.29, 0.717) is 5.56 Å². The number of allylic oxidation sites excluding steroid dienone is 1. The molecule has 6 heteroatoms. The van der Waals surface area contributed by atoms with Gasteiger partial charge in [0.05, 0.1) is 11.8 Å². The van der Waals surface area contributed by atoms with Crippen molar-refractivity contribution < 1.29 is 13.6 Å². The van der Waals surface area contributed by atoms with E-state index in [1.165, 1.54) is 24.3 Å². The van der Waals surface area contributed by atoms with Crippen LogP contribution in [0.5, 0.6) is 0 Å². The zero-order valence-electron chi connectivity index (χ0n) is 17.7. The molecular formula is C27H21BrF2N2O. The maximum Gasteiger partial charge on any atom is 0.274 e. The molecule has 3 aromatic carbocycles. The van der Waals surface area contributed by atoms with Crippen LogP contribution in [0, 0.1) is 17.6 Å². The van der Waals surface area contributed by atoms with Gasteiger partial charge < -0.3 is 0 Å². The molecule has 1 heterocycles. The van der Waals surface area contributed by atoms with Crippen molar-refractivity contribution in [2.75, 3.05) is 0 Å². The zero-order chi connectivity index (χ0) is 22.9. The van der Waals surface area contributed by atoms with Gasteiger partial charge in [0.1, 0.15) is 11.6 Å². The summed E-state index contributed by atoms with van der Waals surface area (Å²) in [7, 11) is 0. The molecule has 2 aliphatic rings. The summed E-state index contributed by atoms with van der Waals surface area (Å²) in [4.78, 5) is 13.6. The van der Waals surface area contributed by atoms with Crippen molar-refractivity contribution in [3.05, 3.63) is 111 Å². The molecule has 2 atom stereocenters. The third-order valence-electron chi connectivity index (χ3n) is 6.20. The highest BCUT2D eigenvalue weighted by molar-refractivity contribution is 9.10. The number of hydrogen-bond donors (Lipinski definition) is 0. The Bertz CT molecular complexity index is 1250. The predicted molar refractivity (Wildman–Crippen MR) is 129 cm³/mol. The summed E-state index contributed by atoms with van der Waals surface area (Å²) in [6.45, 7) is 0. The Morgan fingerprint density at radius 3 is 2.39 bits per heavy atom. The lowest BCUT2D eigenvalue weighted by Crippen LogP contribution is -2.31. The van der Waals surface area contributed by atoms with E-state index in [9.17, 15) is 13.6 Å². The van der Waals surface area contributed by atoms with Gasteiger partial charge in [-0.05, 0) is 84.5 Å². The minimum absolute atomic E-state index is 0.00649. The van der Waals surface area contributed by atoms with Crippen LogP contribution in [0.4, 0.5) is 8.78 Å². The number of benzene rings is 3. The van der Waals surface area contributed by atoms with Crippen molar-refractivity contribution in [3.63, 3.8) is 0 Å². The average molecular weight is 507 g/mol. The Balaban J connectivity index is 1.58. The molecule has 33 heavy (non-hydrogen) atoms. The zero-order valence-corrected chi connectivity index (χ0v) is 19.3. The number of nitrogens with zero attached hydrogens (tertiary/aromatic N) is 2. The van der Waals surface area contributed by atoms with Crippen molar-refractivity contribution in [3.8, 4) is 0 Å². The van der Waals surface area contributed by atoms with Gasteiger partial charge in [0.15, 0.2) is 0 Å². The lowest BCUT2D eigenvalue weighted by molar-refractivity contribution is 0.0680. The third-order valence-corrected chi connectivity index (χ3v) is 6.70. The molecule has 1 saturated carbocycles. The Hall–Kier alpha value is -3.12. The molecule has 0 unspecified atom stereocenters. The van der Waals surface area contributed by atoms with Crippen LogP contribution in [0.25, 0.3) is 6.08 Å². The van der Waals surface area contributed by atoms with Crippen molar-refractivity contribution >= 4 is 33.6 Å². The van der Waals surface area contributed by atoms with Crippen LogP contribution in [0.3, 0.4) is 0 Å². The van der Waals surface area contributed by atoms with Crippen LogP contribution >= 0.6 is 15.9 Å². The van der Waals surface area contributed by atoms with Crippen LogP contribution in [0.1, 0.15) is 46.8 Å². The van der Waals surface area contributed by atoms with Crippen LogP contribution in [-0.4, -0.2) is 16.6 Å². The molecule has 166 valence electrons. The molecule has 5 rings (SSSR count). The third kappa shape index (κ3) is 4.40. The van der Waals surface area contributed by atoms with Gasteiger partial charge in [0, 0.05) is 16.0 Å². The average Bonchev–Trinajstić information content (AvgIpc) is 3.21. The fourth-order valence-corrected chi connectivity index (χ4v) is 5.07. The maximum atomic E-state index is 13.7. The van der Waals surface area contributed by atoms with Gasteiger partial charge in [-0.1, -0.05) is 46.3 Å². The molecule has 0 radical (unpaired) electrons. The van der Waals surface area contributed by atoms with Gasteiger partial charge in [-0.25, -0.2) is 13.8 Å². The second-order valence-corrected chi connectivity index (χ2v) is 9.28. The number of hydrogen-bond acceptors (Lipinski definition) is 2. The number of fused-ring (bicyclic) bond motifs is 1. The maximum absolute atomic E-state index is 13.7. The first-order chi connectivity index (χ1) is 16.0. The highest BCUT2D eigenvalue weighted by atomic mass is 79.9. The summed E-state index contributed by atoms with van der Waals surface area (Å²) in [5.41, 5.74) is 4.21. The number of halogens is 3. The number of hydrazone groups is 1. The van der Waals surface area contributed by atoms with Crippen molar-refractivity contribution in [1.29, 1.82) is 0 Å². The van der Waals surface area contributed by atoms with Gasteiger partial charge in [-0.3, -0.25) is 4.79 Å². The molecule has 1 fully saturated rings. The quantitative estimate of drug-likeness (QED) is 0.370. The molecular weight excluding hydrogens is 486 g/mol. The molecule has 0 N–H and O–H groups in total. The fourth-order valence-electron chi connectivity index (χ4n) is 4.68. The van der Waals surface area contributed by atoms with Gasteiger partial charge in [0.25, 0.3) is 5.91 Å². The van der Waals surface area contributed by atoms with Crippen LogP contribution in [0.2, 0.25) is 0 Å². The van der Waals surface area contributed by atoms with Crippen LogP contribution in [-0.2, 0) is 0 Å². The Labute approximate surface area is 199 Å². The summed E-state index contributed by atoms with van der Waals surface area (Å²) in [5.74, 6) is -0.789. The molecule has 1 amide bonds. The summed E-state index contributed by atoms with van der Waals surface area (Å²) in [5, 5.41) is 6.39. The van der Waals surface area contributed by atoms with E-state index in [2.05, 4.69) is 15.9 Å². The first-order valence-electron chi connectivity index (χ1n) is 10.9. The van der Waals surface area contributed by atoms with E-state index in [1.807, 2.05) is 18.2 Å². The topological polar surface area (TPSA) is 32.7 Å². The summed E-state index contributed by atoms with van der Waals surface area (Å²) < 4.78 is 27.8. The van der Waals surface area contributed by atoms with E-state index in [1.54, 1.807) is 41.4 Å². The Kier molecular flexibility index (Phi) is 5.94. The van der Waals surface area contributed by atoms with Gasteiger partial charge in [-0.15, -0.1) is 0 Å². The minimum atomic E-state index is -0.316. The van der Waals surface area contributed by atoms with E-state index in [4.69, 9.17) is 5.10 Å². The van der Waals surface area contributed by atoms with E-state index in [0.717, 1.165) is 46.1 Å². The highest BCUT2D eigenvalue weighted by Gasteiger charge is 2.43. The number of carbonyl (C=O) groups is 1. The van der Waals surface area contributed by atoms with Gasteiger partial charge >= 0.3 is 0 Å². The fraction of sp³-hybridized carbons (Fsp3) is 0.185. The van der Waals surface area contributed by atoms with Crippen molar-refractivity contribution in [1.82, 2.24) is 5.01 Å². The second kappa shape index (κ2) is 9.02. The van der Waals surface area contributed by atoms with Crippen molar-refractivity contribution in [2.24, 2.45) is 11.0 Å². The van der Waals surface area contributed by atoms with E-state index < -0.39 is 0 Å². The molecule has 1 aliphatic carbocycles. The standard InChI is InChI=1S/C27H21BrF2N2O/c28-21-5-1-4-20(16-21)27(33)32-26(18-9-13-23(30)14-10-18)24-6-2-3-19(25(24)31-32)15-17-7-11-22(29)12-8-17/h1,4-5,7-16,24,26H,2-3,6H2/b19-15+/t24-,26+/m1/s1. The summed E-state index contributed by atoms with van der Waals surface area (Å²) in [6.07, 6.45) is 4.69. The number of rotatable bonds is 3. The molecule has 3 nitrogen and oxygen atoms in total. The number of carbonyl (C=O) groups excluding carboxylic acids is 1. The molecule has 0 spiro atoms. The largest absolute Gasteiger partial charge is 0.274 e. The summed E-state index contributed by atoms with van der Waals surface area (Å²) in [6, 6.07) is 19.6. The molecule has 0 aromatic heterocycles. The van der Waals surface area contributed by atoms with E-state index in [-0.39, 0.29) is 29.5 Å². The SMILES string of the molecule is O=C(c1cccc(Br)c1)N1N=C2/C(=C/c3ccc(F)cc3)CCC[C@H]2[C@@H]1c1ccc(F)cc1.